The van der Waals surface area contributed by atoms with Crippen molar-refractivity contribution in [3.05, 3.63) is 64.7 Å². The first-order valence-corrected chi connectivity index (χ1v) is 8.77. The van der Waals surface area contributed by atoms with E-state index in [0.29, 0.717) is 0 Å². The number of aryl methyl sites for hydroxylation is 2. The van der Waals surface area contributed by atoms with E-state index in [-0.39, 0.29) is 24.0 Å². The van der Waals surface area contributed by atoms with E-state index in [1.807, 2.05) is 31.2 Å². The second kappa shape index (κ2) is 7.73. The molecule has 1 atom stereocenters. The lowest BCUT2D eigenvalue weighted by Gasteiger charge is -2.23. The zero-order valence-electron chi connectivity index (χ0n) is 16.1. The molecule has 0 aromatic heterocycles. The first-order chi connectivity index (χ1) is 11.7. The summed E-state index contributed by atoms with van der Waals surface area (Å²) >= 11 is 0. The first kappa shape index (κ1) is 19.0. The van der Waals surface area contributed by atoms with Crippen molar-refractivity contribution in [3.8, 4) is 5.75 Å². The summed E-state index contributed by atoms with van der Waals surface area (Å²) in [7, 11) is 0. The smallest absolute Gasteiger partial charge is 0.258 e. The average molecular weight is 339 g/mol. The van der Waals surface area contributed by atoms with Crippen LogP contribution in [0.3, 0.4) is 0 Å². The molecule has 0 spiro atoms. The Hall–Kier alpha value is -2.29. The largest absolute Gasteiger partial charge is 0.483 e. The van der Waals surface area contributed by atoms with Crippen molar-refractivity contribution < 1.29 is 9.53 Å². The molecule has 2 aromatic rings. The second-order valence-corrected chi connectivity index (χ2v) is 7.68. The van der Waals surface area contributed by atoms with E-state index in [4.69, 9.17) is 4.74 Å². The molecule has 0 saturated heterocycles. The number of rotatable bonds is 5. The summed E-state index contributed by atoms with van der Waals surface area (Å²) in [6.07, 6.45) is 0. The number of hydrogen-bond donors (Lipinski definition) is 1. The number of ether oxygens (including phenoxy) is 1. The Morgan fingerprint density at radius 2 is 1.80 bits per heavy atom. The molecule has 134 valence electrons. The Bertz CT molecular complexity index is 744. The van der Waals surface area contributed by atoms with Crippen molar-refractivity contribution in [1.82, 2.24) is 5.32 Å². The molecule has 3 heteroatoms. The number of hydrogen-bond acceptors (Lipinski definition) is 2. The topological polar surface area (TPSA) is 38.3 Å². The van der Waals surface area contributed by atoms with Gasteiger partial charge in [-0.3, -0.25) is 4.79 Å². The summed E-state index contributed by atoms with van der Waals surface area (Å²) in [6.45, 7) is 12.6. The lowest BCUT2D eigenvalue weighted by molar-refractivity contribution is -0.123. The maximum absolute atomic E-state index is 12.3. The van der Waals surface area contributed by atoms with Gasteiger partial charge in [-0.2, -0.15) is 0 Å². The van der Waals surface area contributed by atoms with E-state index in [1.165, 1.54) is 11.1 Å². The monoisotopic (exact) mass is 339 g/mol. The van der Waals surface area contributed by atoms with E-state index < -0.39 is 0 Å². The van der Waals surface area contributed by atoms with Crippen molar-refractivity contribution in [1.29, 1.82) is 0 Å². The Labute approximate surface area is 151 Å². The Morgan fingerprint density at radius 1 is 1.12 bits per heavy atom. The van der Waals surface area contributed by atoms with Gasteiger partial charge in [0.1, 0.15) is 5.75 Å². The molecule has 0 radical (unpaired) electrons. The summed E-state index contributed by atoms with van der Waals surface area (Å²) in [5, 5.41) is 3.02. The molecule has 0 fully saturated rings. The normalized spacial score (nSPS) is 12.6. The van der Waals surface area contributed by atoms with Crippen LogP contribution in [-0.4, -0.2) is 12.5 Å². The van der Waals surface area contributed by atoms with E-state index in [9.17, 15) is 4.79 Å². The average Bonchev–Trinajstić information content (AvgIpc) is 2.52. The van der Waals surface area contributed by atoms with Gasteiger partial charge >= 0.3 is 0 Å². The van der Waals surface area contributed by atoms with Gasteiger partial charge in [-0.25, -0.2) is 0 Å². The Balaban J connectivity index is 2.00. The standard InChI is InChI=1S/C22H29NO2/c1-15-11-12-18(16(2)13-15)17(3)23-21(24)14-25-20-10-8-7-9-19(20)22(4,5)6/h7-13,17H,14H2,1-6H3,(H,23,24). The fourth-order valence-electron chi connectivity index (χ4n) is 3.03. The van der Waals surface area contributed by atoms with Crippen molar-refractivity contribution in [2.24, 2.45) is 0 Å². The third-order valence-electron chi connectivity index (χ3n) is 4.32. The van der Waals surface area contributed by atoms with E-state index in [2.05, 4.69) is 58.1 Å². The minimum absolute atomic E-state index is 0.0162. The van der Waals surface area contributed by atoms with Gasteiger partial charge in [0.25, 0.3) is 5.91 Å². The second-order valence-electron chi connectivity index (χ2n) is 7.68. The quantitative estimate of drug-likeness (QED) is 0.845. The maximum atomic E-state index is 12.3. The molecular weight excluding hydrogens is 310 g/mol. The number of para-hydroxylation sites is 1. The van der Waals surface area contributed by atoms with Gasteiger partial charge in [-0.1, -0.05) is 62.7 Å². The molecule has 1 unspecified atom stereocenters. The van der Waals surface area contributed by atoms with Gasteiger partial charge in [0, 0.05) is 0 Å². The lowest BCUT2D eigenvalue weighted by Crippen LogP contribution is -2.32. The van der Waals surface area contributed by atoms with Crippen molar-refractivity contribution in [2.75, 3.05) is 6.61 Å². The van der Waals surface area contributed by atoms with Gasteiger partial charge in [0.05, 0.1) is 6.04 Å². The van der Waals surface area contributed by atoms with E-state index >= 15 is 0 Å². The van der Waals surface area contributed by atoms with Crippen LogP contribution in [0.4, 0.5) is 0 Å². The molecular formula is C22H29NO2. The van der Waals surface area contributed by atoms with Gasteiger partial charge in [-0.15, -0.1) is 0 Å². The molecule has 0 aliphatic carbocycles. The molecule has 0 bridgehead atoms. The van der Waals surface area contributed by atoms with Crippen LogP contribution in [0.2, 0.25) is 0 Å². The summed E-state index contributed by atoms with van der Waals surface area (Å²) in [6, 6.07) is 14.1. The highest BCUT2D eigenvalue weighted by Crippen LogP contribution is 2.30. The lowest BCUT2D eigenvalue weighted by atomic mass is 9.86. The predicted octanol–water partition coefficient (Wildman–Crippen LogP) is 4.86. The minimum atomic E-state index is -0.115. The number of carbonyl (C=O) groups excluding carboxylic acids is 1. The molecule has 1 N–H and O–H groups in total. The van der Waals surface area contributed by atoms with Crippen LogP contribution in [-0.2, 0) is 10.2 Å². The number of benzene rings is 2. The van der Waals surface area contributed by atoms with Crippen molar-refractivity contribution >= 4 is 5.91 Å². The molecule has 2 rings (SSSR count). The highest BCUT2D eigenvalue weighted by atomic mass is 16.5. The van der Waals surface area contributed by atoms with Gasteiger partial charge < -0.3 is 10.1 Å². The fourth-order valence-corrected chi connectivity index (χ4v) is 3.03. The molecule has 0 aliphatic rings. The summed E-state index contributed by atoms with van der Waals surface area (Å²) in [4.78, 5) is 12.3. The van der Waals surface area contributed by atoms with Crippen LogP contribution in [0.25, 0.3) is 0 Å². The highest BCUT2D eigenvalue weighted by molar-refractivity contribution is 5.78. The Morgan fingerprint density at radius 3 is 2.44 bits per heavy atom. The molecule has 0 aliphatic heterocycles. The van der Waals surface area contributed by atoms with Gasteiger partial charge in [0.15, 0.2) is 6.61 Å². The molecule has 3 nitrogen and oxygen atoms in total. The molecule has 0 heterocycles. The first-order valence-electron chi connectivity index (χ1n) is 8.77. The molecule has 25 heavy (non-hydrogen) atoms. The van der Waals surface area contributed by atoms with Crippen LogP contribution in [0.5, 0.6) is 5.75 Å². The van der Waals surface area contributed by atoms with E-state index in [0.717, 1.165) is 16.9 Å². The molecule has 0 saturated carbocycles. The van der Waals surface area contributed by atoms with Crippen LogP contribution in [0.15, 0.2) is 42.5 Å². The third kappa shape index (κ3) is 5.09. The zero-order chi connectivity index (χ0) is 18.6. The summed E-state index contributed by atoms with van der Waals surface area (Å²) < 4.78 is 5.80. The van der Waals surface area contributed by atoms with Crippen LogP contribution < -0.4 is 10.1 Å². The highest BCUT2D eigenvalue weighted by Gasteiger charge is 2.19. The summed E-state index contributed by atoms with van der Waals surface area (Å²) in [5.74, 6) is 0.653. The van der Waals surface area contributed by atoms with Gasteiger partial charge in [0.2, 0.25) is 0 Å². The summed E-state index contributed by atoms with van der Waals surface area (Å²) in [5.41, 5.74) is 4.62. The third-order valence-corrected chi connectivity index (χ3v) is 4.32. The van der Waals surface area contributed by atoms with Crippen molar-refractivity contribution in [3.63, 3.8) is 0 Å². The van der Waals surface area contributed by atoms with E-state index in [1.54, 1.807) is 0 Å². The number of carbonyl (C=O) groups is 1. The molecule has 1 amide bonds. The predicted molar refractivity (Wildman–Crippen MR) is 103 cm³/mol. The van der Waals surface area contributed by atoms with Crippen LogP contribution in [0.1, 0.15) is 56.0 Å². The fraction of sp³-hybridized carbons (Fsp3) is 0.409. The van der Waals surface area contributed by atoms with Crippen LogP contribution >= 0.6 is 0 Å². The molecule has 2 aromatic carbocycles. The minimum Gasteiger partial charge on any atom is -0.483 e. The zero-order valence-corrected chi connectivity index (χ0v) is 16.1. The van der Waals surface area contributed by atoms with Crippen molar-refractivity contribution in [2.45, 2.75) is 53.0 Å². The number of nitrogens with one attached hydrogen (secondary N) is 1. The van der Waals surface area contributed by atoms with Crippen LogP contribution in [0, 0.1) is 13.8 Å². The Kier molecular flexibility index (Phi) is 5.89. The van der Waals surface area contributed by atoms with Gasteiger partial charge in [-0.05, 0) is 48.9 Å². The maximum Gasteiger partial charge on any atom is 0.258 e. The SMILES string of the molecule is Cc1ccc(C(C)NC(=O)COc2ccccc2C(C)(C)C)c(C)c1. The number of amides is 1.